The number of nitro benzene ring substituents is 1. The quantitative estimate of drug-likeness (QED) is 0.570. The molecule has 0 atom stereocenters. The summed E-state index contributed by atoms with van der Waals surface area (Å²) in [6, 6.07) is 2.09. The van der Waals surface area contributed by atoms with Crippen LogP contribution in [0.15, 0.2) is 12.1 Å². The molecule has 3 rings (SSSR count). The van der Waals surface area contributed by atoms with E-state index >= 15 is 0 Å². The van der Waals surface area contributed by atoms with Crippen molar-refractivity contribution in [1.29, 1.82) is 0 Å². The number of hydrogen-bond acceptors (Lipinski definition) is 6. The normalized spacial score (nSPS) is 20.4. The molecule has 7 nitrogen and oxygen atoms in total. The number of methoxy groups -OCH3 is 1. The molecule has 0 amide bonds. The van der Waals surface area contributed by atoms with E-state index in [1.165, 1.54) is 7.11 Å². The van der Waals surface area contributed by atoms with Crippen LogP contribution in [0.25, 0.3) is 0 Å². The van der Waals surface area contributed by atoms with Crippen molar-refractivity contribution in [3.63, 3.8) is 0 Å². The molecule has 2 aliphatic heterocycles. The molecule has 0 radical (unpaired) electrons. The van der Waals surface area contributed by atoms with E-state index in [4.69, 9.17) is 4.74 Å². The maximum atomic E-state index is 13.6. The molecular weight excluding hydrogens is 377 g/mol. The smallest absolute Gasteiger partial charge is 0.418 e. The zero-order chi connectivity index (χ0) is 20.5. The van der Waals surface area contributed by atoms with Crippen molar-refractivity contribution in [2.24, 2.45) is 0 Å². The third-order valence-electron chi connectivity index (χ3n) is 5.66. The van der Waals surface area contributed by atoms with E-state index in [0.717, 1.165) is 45.1 Å². The molecule has 28 heavy (non-hydrogen) atoms. The topological polar surface area (TPSA) is 62.1 Å². The highest BCUT2D eigenvalue weighted by Gasteiger charge is 2.39. The van der Waals surface area contributed by atoms with Gasteiger partial charge in [0.05, 0.1) is 23.3 Å². The molecule has 0 spiro atoms. The van der Waals surface area contributed by atoms with E-state index in [1.54, 1.807) is 4.90 Å². The lowest BCUT2D eigenvalue weighted by Gasteiger charge is -2.43. The van der Waals surface area contributed by atoms with Gasteiger partial charge in [-0.15, -0.1) is 0 Å². The van der Waals surface area contributed by atoms with Crippen molar-refractivity contribution < 1.29 is 22.8 Å². The number of likely N-dealkylation sites (N-methyl/N-ethyl adjacent to an activating group) is 1. The molecule has 0 aliphatic carbocycles. The lowest BCUT2D eigenvalue weighted by Crippen LogP contribution is -2.52. The summed E-state index contributed by atoms with van der Waals surface area (Å²) >= 11 is 0. The number of alkyl halides is 3. The second-order valence-electron chi connectivity index (χ2n) is 7.35. The average Bonchev–Trinajstić information content (AvgIpc) is 2.67. The van der Waals surface area contributed by atoms with Crippen LogP contribution >= 0.6 is 0 Å². The SMILES string of the molecule is COc1cc(N2CCC(N3CCN(C)CC3)CC2)c(C(F)(F)F)cc1[N+](=O)[O-]. The number of nitro groups is 1. The molecule has 1 aromatic carbocycles. The fraction of sp³-hybridized carbons (Fsp3) is 0.667. The number of nitrogens with zero attached hydrogens (tertiary/aromatic N) is 4. The molecule has 156 valence electrons. The van der Waals surface area contributed by atoms with Crippen LogP contribution in [-0.4, -0.2) is 74.2 Å². The van der Waals surface area contributed by atoms with Gasteiger partial charge in [-0.1, -0.05) is 0 Å². The Hall–Kier alpha value is -2.07. The molecule has 2 aliphatic rings. The summed E-state index contributed by atoms with van der Waals surface area (Å²) in [6.45, 7) is 4.89. The van der Waals surface area contributed by atoms with E-state index < -0.39 is 22.4 Å². The van der Waals surface area contributed by atoms with Crippen LogP contribution in [0.2, 0.25) is 0 Å². The minimum Gasteiger partial charge on any atom is -0.490 e. The molecule has 10 heteroatoms. The van der Waals surface area contributed by atoms with Crippen molar-refractivity contribution in [2.75, 3.05) is 58.3 Å². The van der Waals surface area contributed by atoms with Crippen molar-refractivity contribution in [2.45, 2.75) is 25.1 Å². The largest absolute Gasteiger partial charge is 0.490 e. The fourth-order valence-corrected chi connectivity index (χ4v) is 4.01. The number of piperazine rings is 1. The highest BCUT2D eigenvalue weighted by atomic mass is 19.4. The summed E-state index contributed by atoms with van der Waals surface area (Å²) in [6.07, 6.45) is -3.15. The van der Waals surface area contributed by atoms with Crippen LogP contribution in [0, 0.1) is 10.1 Å². The molecule has 1 aromatic rings. The predicted octanol–water partition coefficient (Wildman–Crippen LogP) is 2.84. The number of hydrogen-bond donors (Lipinski definition) is 0. The molecule has 0 N–H and O–H groups in total. The fourth-order valence-electron chi connectivity index (χ4n) is 4.01. The van der Waals surface area contributed by atoms with E-state index in [1.807, 2.05) is 0 Å². The molecule has 2 saturated heterocycles. The number of halogens is 3. The Morgan fingerprint density at radius 2 is 1.71 bits per heavy atom. The first-order valence-electron chi connectivity index (χ1n) is 9.32. The first-order valence-corrected chi connectivity index (χ1v) is 9.32. The highest BCUT2D eigenvalue weighted by molar-refractivity contribution is 5.65. The van der Waals surface area contributed by atoms with Gasteiger partial charge in [-0.05, 0) is 19.9 Å². The first kappa shape index (κ1) is 20.7. The maximum Gasteiger partial charge on any atom is 0.418 e. The van der Waals surface area contributed by atoms with Crippen LogP contribution < -0.4 is 9.64 Å². The summed E-state index contributed by atoms with van der Waals surface area (Å²) in [4.78, 5) is 16.6. The van der Waals surface area contributed by atoms with Gasteiger partial charge < -0.3 is 14.5 Å². The Morgan fingerprint density at radius 3 is 2.21 bits per heavy atom. The van der Waals surface area contributed by atoms with Gasteiger partial charge >= 0.3 is 11.9 Å². The van der Waals surface area contributed by atoms with Crippen LogP contribution in [-0.2, 0) is 6.18 Å². The van der Waals surface area contributed by atoms with Crippen molar-refractivity contribution in [1.82, 2.24) is 9.80 Å². The van der Waals surface area contributed by atoms with Gasteiger partial charge in [0.1, 0.15) is 0 Å². The second-order valence-corrected chi connectivity index (χ2v) is 7.35. The Bertz CT molecular complexity index is 713. The Labute approximate surface area is 161 Å². The number of ether oxygens (including phenoxy) is 1. The van der Waals surface area contributed by atoms with Crippen molar-refractivity contribution >= 4 is 11.4 Å². The van der Waals surface area contributed by atoms with Gasteiger partial charge in [0.25, 0.3) is 0 Å². The monoisotopic (exact) mass is 402 g/mol. The lowest BCUT2D eigenvalue weighted by molar-refractivity contribution is -0.386. The minimum atomic E-state index is -4.68. The first-order chi connectivity index (χ1) is 13.2. The third-order valence-corrected chi connectivity index (χ3v) is 5.66. The van der Waals surface area contributed by atoms with Gasteiger partial charge in [-0.25, -0.2) is 0 Å². The average molecular weight is 402 g/mol. The van der Waals surface area contributed by atoms with Gasteiger partial charge in [-0.2, -0.15) is 13.2 Å². The van der Waals surface area contributed by atoms with E-state index in [9.17, 15) is 23.3 Å². The Morgan fingerprint density at radius 1 is 1.11 bits per heavy atom. The maximum absolute atomic E-state index is 13.6. The van der Waals surface area contributed by atoms with Crippen molar-refractivity contribution in [3.05, 3.63) is 27.8 Å². The summed E-state index contributed by atoms with van der Waals surface area (Å²) in [5, 5.41) is 11.1. The Balaban J connectivity index is 1.80. The molecule has 2 heterocycles. The van der Waals surface area contributed by atoms with Gasteiger partial charge in [-0.3, -0.25) is 15.0 Å². The Kier molecular flexibility index (Phi) is 5.99. The summed E-state index contributed by atoms with van der Waals surface area (Å²) < 4.78 is 45.7. The van der Waals surface area contributed by atoms with Gasteiger partial charge in [0.2, 0.25) is 0 Å². The van der Waals surface area contributed by atoms with Crippen LogP contribution in [0.4, 0.5) is 24.5 Å². The molecule has 0 unspecified atom stereocenters. The molecule has 0 aromatic heterocycles. The number of benzene rings is 1. The summed E-state index contributed by atoms with van der Waals surface area (Å²) in [5.74, 6) is -0.158. The lowest BCUT2D eigenvalue weighted by atomic mass is 10.00. The predicted molar refractivity (Wildman–Crippen MR) is 99.0 cm³/mol. The van der Waals surface area contributed by atoms with E-state index in [2.05, 4.69) is 16.8 Å². The highest BCUT2D eigenvalue weighted by Crippen LogP contribution is 2.43. The molecular formula is C18H25F3N4O3. The van der Waals surface area contributed by atoms with Crippen LogP contribution in [0.3, 0.4) is 0 Å². The zero-order valence-corrected chi connectivity index (χ0v) is 16.0. The summed E-state index contributed by atoms with van der Waals surface area (Å²) in [5.41, 5.74) is -1.71. The molecule has 0 saturated carbocycles. The third kappa shape index (κ3) is 4.33. The van der Waals surface area contributed by atoms with Gasteiger partial charge in [0, 0.05) is 57.4 Å². The molecule has 2 fully saturated rings. The standard InChI is InChI=1S/C18H25F3N4O3/c1-22-7-9-23(10-8-22)13-3-5-24(6-4-13)15-12-17(28-2)16(25(26)27)11-14(15)18(19,20)21/h11-13H,3-10H2,1-2H3. The number of rotatable bonds is 4. The van der Waals surface area contributed by atoms with Crippen LogP contribution in [0.5, 0.6) is 5.75 Å². The second kappa shape index (κ2) is 8.12. The van der Waals surface area contributed by atoms with Gasteiger partial charge in [0.15, 0.2) is 5.75 Å². The van der Waals surface area contributed by atoms with Crippen molar-refractivity contribution in [3.8, 4) is 5.75 Å². The number of piperidine rings is 1. The van der Waals surface area contributed by atoms with Crippen LogP contribution in [0.1, 0.15) is 18.4 Å². The zero-order valence-electron chi connectivity index (χ0n) is 16.0. The van der Waals surface area contributed by atoms with E-state index in [-0.39, 0.29) is 11.4 Å². The van der Waals surface area contributed by atoms with E-state index in [0.29, 0.717) is 25.2 Å². The molecule has 0 bridgehead atoms. The minimum absolute atomic E-state index is 0.0493. The summed E-state index contributed by atoms with van der Waals surface area (Å²) in [7, 11) is 3.31. The number of anilines is 1.